The lowest BCUT2D eigenvalue weighted by molar-refractivity contribution is 0.232. The maximum atomic E-state index is 5.83. The van der Waals surface area contributed by atoms with Gasteiger partial charge in [-0.15, -0.1) is 11.6 Å². The molecule has 0 saturated carbocycles. The Morgan fingerprint density at radius 1 is 1.44 bits per heavy atom. The number of hydrogen-bond acceptors (Lipinski definition) is 4. The van der Waals surface area contributed by atoms with Gasteiger partial charge in [-0.3, -0.25) is 0 Å². The number of ether oxygens (including phenoxy) is 1. The Kier molecular flexibility index (Phi) is 5.66. The fourth-order valence-electron chi connectivity index (χ4n) is 1.56. The zero-order valence-corrected chi connectivity index (χ0v) is 12.3. The minimum absolute atomic E-state index is 0.0504. The molecule has 5 heteroatoms. The average molecular weight is 272 g/mol. The second kappa shape index (κ2) is 6.78. The standard InChI is InChI=1S/C13H22ClN3O/c1-5-13(4,6-7-14)17-11-8-12(16-9-15-11)18-10(2)3/h8-10H,5-7H2,1-4H3,(H,15,16,17). The molecular formula is C13H22ClN3O. The van der Waals surface area contributed by atoms with Crippen LogP contribution >= 0.6 is 11.6 Å². The third-order valence-electron chi connectivity index (χ3n) is 2.85. The van der Waals surface area contributed by atoms with Gasteiger partial charge in [0, 0.05) is 17.5 Å². The SMILES string of the molecule is CCC(C)(CCCl)Nc1cc(OC(C)C)ncn1. The molecule has 0 aliphatic heterocycles. The van der Waals surface area contributed by atoms with Gasteiger partial charge in [0.05, 0.1) is 6.10 Å². The lowest BCUT2D eigenvalue weighted by atomic mass is 9.95. The highest BCUT2D eigenvalue weighted by molar-refractivity contribution is 6.17. The minimum atomic E-state index is -0.0504. The van der Waals surface area contributed by atoms with Crippen molar-refractivity contribution < 1.29 is 4.74 Å². The summed E-state index contributed by atoms with van der Waals surface area (Å²) in [7, 11) is 0. The molecule has 1 aromatic heterocycles. The molecule has 18 heavy (non-hydrogen) atoms. The second-order valence-corrected chi connectivity index (χ2v) is 5.26. The van der Waals surface area contributed by atoms with Gasteiger partial charge in [0.2, 0.25) is 5.88 Å². The zero-order chi connectivity index (χ0) is 13.6. The van der Waals surface area contributed by atoms with Gasteiger partial charge in [0.25, 0.3) is 0 Å². The van der Waals surface area contributed by atoms with E-state index in [1.165, 1.54) is 6.33 Å². The van der Waals surface area contributed by atoms with Crippen LogP contribution in [0.25, 0.3) is 0 Å². The van der Waals surface area contributed by atoms with Gasteiger partial charge in [-0.05, 0) is 33.6 Å². The van der Waals surface area contributed by atoms with Gasteiger partial charge >= 0.3 is 0 Å². The molecule has 0 saturated heterocycles. The van der Waals surface area contributed by atoms with Gasteiger partial charge in [-0.25, -0.2) is 9.97 Å². The molecule has 1 rings (SSSR count). The molecule has 0 spiro atoms. The third kappa shape index (κ3) is 4.69. The molecule has 1 unspecified atom stereocenters. The molecule has 0 radical (unpaired) electrons. The first kappa shape index (κ1) is 15.0. The van der Waals surface area contributed by atoms with Gasteiger partial charge in [0.15, 0.2) is 0 Å². The van der Waals surface area contributed by atoms with Crippen molar-refractivity contribution in [3.8, 4) is 5.88 Å². The van der Waals surface area contributed by atoms with Crippen LogP contribution in [0.15, 0.2) is 12.4 Å². The number of hydrogen-bond donors (Lipinski definition) is 1. The number of halogens is 1. The van der Waals surface area contributed by atoms with E-state index < -0.39 is 0 Å². The van der Waals surface area contributed by atoms with Crippen LogP contribution in [-0.2, 0) is 0 Å². The summed E-state index contributed by atoms with van der Waals surface area (Å²) in [5.74, 6) is 1.99. The summed E-state index contributed by atoms with van der Waals surface area (Å²) in [4.78, 5) is 8.30. The van der Waals surface area contributed by atoms with Crippen LogP contribution in [0.4, 0.5) is 5.82 Å². The van der Waals surface area contributed by atoms with E-state index >= 15 is 0 Å². The van der Waals surface area contributed by atoms with E-state index in [1.807, 2.05) is 19.9 Å². The van der Waals surface area contributed by atoms with Crippen molar-refractivity contribution in [1.29, 1.82) is 0 Å². The lowest BCUT2D eigenvalue weighted by Crippen LogP contribution is -2.34. The quantitative estimate of drug-likeness (QED) is 0.772. The molecule has 0 aliphatic rings. The summed E-state index contributed by atoms with van der Waals surface area (Å²) < 4.78 is 5.55. The first-order chi connectivity index (χ1) is 8.49. The van der Waals surface area contributed by atoms with E-state index in [2.05, 4.69) is 29.1 Å². The van der Waals surface area contributed by atoms with Crippen LogP contribution in [0.3, 0.4) is 0 Å². The first-order valence-corrected chi connectivity index (χ1v) is 6.85. The summed E-state index contributed by atoms with van der Waals surface area (Å²) in [5, 5.41) is 3.40. The topological polar surface area (TPSA) is 47.0 Å². The van der Waals surface area contributed by atoms with Crippen molar-refractivity contribution in [2.45, 2.75) is 52.2 Å². The molecule has 0 amide bonds. The third-order valence-corrected chi connectivity index (χ3v) is 3.04. The first-order valence-electron chi connectivity index (χ1n) is 6.32. The van der Waals surface area contributed by atoms with E-state index in [1.54, 1.807) is 0 Å². The monoisotopic (exact) mass is 271 g/mol. The van der Waals surface area contributed by atoms with Gasteiger partial charge < -0.3 is 10.1 Å². The van der Waals surface area contributed by atoms with E-state index in [4.69, 9.17) is 16.3 Å². The second-order valence-electron chi connectivity index (χ2n) is 4.89. The number of nitrogens with one attached hydrogen (secondary N) is 1. The van der Waals surface area contributed by atoms with Crippen molar-refractivity contribution in [1.82, 2.24) is 9.97 Å². The molecule has 1 N–H and O–H groups in total. The molecule has 1 atom stereocenters. The number of nitrogens with zero attached hydrogens (tertiary/aromatic N) is 2. The van der Waals surface area contributed by atoms with Crippen molar-refractivity contribution in [2.24, 2.45) is 0 Å². The molecule has 0 aromatic carbocycles. The maximum Gasteiger partial charge on any atom is 0.218 e. The van der Waals surface area contributed by atoms with Crippen molar-refractivity contribution in [3.05, 3.63) is 12.4 Å². The summed E-state index contributed by atoms with van der Waals surface area (Å²) in [6.45, 7) is 8.21. The highest BCUT2D eigenvalue weighted by atomic mass is 35.5. The fraction of sp³-hybridized carbons (Fsp3) is 0.692. The Morgan fingerprint density at radius 2 is 2.17 bits per heavy atom. The summed E-state index contributed by atoms with van der Waals surface area (Å²) >= 11 is 5.83. The molecule has 1 aromatic rings. The van der Waals surface area contributed by atoms with Gasteiger partial charge in [-0.2, -0.15) is 0 Å². The Bertz CT molecular complexity index is 373. The van der Waals surface area contributed by atoms with Crippen molar-refractivity contribution >= 4 is 17.4 Å². The largest absolute Gasteiger partial charge is 0.475 e. The van der Waals surface area contributed by atoms with Gasteiger partial charge in [0.1, 0.15) is 12.1 Å². The maximum absolute atomic E-state index is 5.83. The van der Waals surface area contributed by atoms with Crippen LogP contribution in [0, 0.1) is 0 Å². The number of anilines is 1. The molecule has 4 nitrogen and oxygen atoms in total. The van der Waals surface area contributed by atoms with E-state index in [0.717, 1.165) is 18.7 Å². The Hall–Kier alpha value is -1.03. The molecule has 1 heterocycles. The minimum Gasteiger partial charge on any atom is -0.475 e. The predicted molar refractivity (Wildman–Crippen MR) is 75.5 cm³/mol. The van der Waals surface area contributed by atoms with Crippen LogP contribution in [0.1, 0.15) is 40.5 Å². The molecule has 0 aliphatic carbocycles. The molecule has 0 bridgehead atoms. The highest BCUT2D eigenvalue weighted by Crippen LogP contribution is 2.22. The van der Waals surface area contributed by atoms with Crippen LogP contribution in [-0.4, -0.2) is 27.5 Å². The lowest BCUT2D eigenvalue weighted by Gasteiger charge is -2.29. The van der Waals surface area contributed by atoms with E-state index in [0.29, 0.717) is 11.8 Å². The average Bonchev–Trinajstić information content (AvgIpc) is 2.28. The number of rotatable bonds is 7. The zero-order valence-electron chi connectivity index (χ0n) is 11.5. The highest BCUT2D eigenvalue weighted by Gasteiger charge is 2.21. The normalized spacial score (nSPS) is 14.3. The number of aromatic nitrogens is 2. The van der Waals surface area contributed by atoms with Crippen LogP contribution < -0.4 is 10.1 Å². The van der Waals surface area contributed by atoms with Crippen molar-refractivity contribution in [2.75, 3.05) is 11.2 Å². The fourth-order valence-corrected chi connectivity index (χ4v) is 1.98. The summed E-state index contributed by atoms with van der Waals surface area (Å²) in [6, 6.07) is 1.82. The van der Waals surface area contributed by atoms with Crippen molar-refractivity contribution in [3.63, 3.8) is 0 Å². The van der Waals surface area contributed by atoms with E-state index in [-0.39, 0.29) is 11.6 Å². The Morgan fingerprint density at radius 3 is 2.72 bits per heavy atom. The summed E-state index contributed by atoms with van der Waals surface area (Å²) in [6.07, 6.45) is 3.48. The molecule has 0 fully saturated rings. The van der Waals surface area contributed by atoms with Crippen LogP contribution in [0.2, 0.25) is 0 Å². The smallest absolute Gasteiger partial charge is 0.218 e. The van der Waals surface area contributed by atoms with Gasteiger partial charge in [-0.1, -0.05) is 6.92 Å². The Labute approximate surface area is 114 Å². The Balaban J connectivity index is 2.77. The van der Waals surface area contributed by atoms with Crippen LogP contribution in [0.5, 0.6) is 5.88 Å². The summed E-state index contributed by atoms with van der Waals surface area (Å²) in [5.41, 5.74) is -0.0504. The molecular weight excluding hydrogens is 250 g/mol. The van der Waals surface area contributed by atoms with E-state index in [9.17, 15) is 0 Å². The molecule has 102 valence electrons. The number of alkyl halides is 1. The predicted octanol–water partition coefficient (Wildman–Crippen LogP) is 3.47.